The van der Waals surface area contributed by atoms with Gasteiger partial charge in [-0.2, -0.15) is 0 Å². The van der Waals surface area contributed by atoms with Gasteiger partial charge in [-0.25, -0.2) is 0 Å². The summed E-state index contributed by atoms with van der Waals surface area (Å²) in [5.41, 5.74) is 2.97. The zero-order valence-electron chi connectivity index (χ0n) is 14.6. The maximum Gasteiger partial charge on any atom is 0.123 e. The summed E-state index contributed by atoms with van der Waals surface area (Å²) < 4.78 is 6.25. The Morgan fingerprint density at radius 3 is 2.05 bits per heavy atom. The first kappa shape index (κ1) is 17.1. The monoisotopic (exact) mass is 276 g/mol. The molecule has 0 aliphatic rings. The van der Waals surface area contributed by atoms with Crippen molar-refractivity contribution in [2.75, 3.05) is 0 Å². The van der Waals surface area contributed by atoms with Gasteiger partial charge in [-0.15, -0.1) is 0 Å². The molecule has 0 bridgehead atoms. The van der Waals surface area contributed by atoms with Gasteiger partial charge in [0.05, 0.1) is 6.10 Å². The molecule has 0 aromatic heterocycles. The maximum atomic E-state index is 6.25. The fraction of sp³-hybridized carbons (Fsp3) is 0.684. The van der Waals surface area contributed by atoms with Crippen molar-refractivity contribution in [3.05, 3.63) is 29.3 Å². The molecular weight excluding hydrogens is 244 g/mol. The van der Waals surface area contributed by atoms with Gasteiger partial charge in [0, 0.05) is 5.56 Å². The number of ether oxygens (including phenoxy) is 1. The van der Waals surface area contributed by atoms with E-state index < -0.39 is 0 Å². The number of hydrogen-bond donors (Lipinski definition) is 0. The van der Waals surface area contributed by atoms with Gasteiger partial charge >= 0.3 is 0 Å². The van der Waals surface area contributed by atoms with E-state index in [4.69, 9.17) is 4.74 Å². The Morgan fingerprint density at radius 1 is 1.00 bits per heavy atom. The second-order valence-electron chi connectivity index (χ2n) is 7.90. The molecule has 0 radical (unpaired) electrons. The highest BCUT2D eigenvalue weighted by atomic mass is 16.5. The van der Waals surface area contributed by atoms with Gasteiger partial charge < -0.3 is 4.74 Å². The van der Waals surface area contributed by atoms with E-state index >= 15 is 0 Å². The second-order valence-corrected chi connectivity index (χ2v) is 7.90. The van der Waals surface area contributed by atoms with Crippen LogP contribution in [-0.2, 0) is 10.8 Å². The molecule has 0 amide bonds. The van der Waals surface area contributed by atoms with Gasteiger partial charge in [-0.3, -0.25) is 0 Å². The van der Waals surface area contributed by atoms with E-state index in [1.165, 1.54) is 11.1 Å². The fourth-order valence-electron chi connectivity index (χ4n) is 2.71. The minimum absolute atomic E-state index is 0.0884. The molecule has 0 fully saturated rings. The highest BCUT2D eigenvalue weighted by Gasteiger charge is 2.28. The molecule has 1 heteroatoms. The molecule has 0 N–H and O–H groups in total. The highest BCUT2D eigenvalue weighted by Crippen LogP contribution is 2.40. The van der Waals surface area contributed by atoms with Crippen LogP contribution < -0.4 is 4.74 Å². The average Bonchev–Trinajstić information content (AvgIpc) is 2.26. The predicted octanol–water partition coefficient (Wildman–Crippen LogP) is 5.85. The first-order valence-electron chi connectivity index (χ1n) is 7.88. The van der Waals surface area contributed by atoms with Crippen molar-refractivity contribution in [1.29, 1.82) is 0 Å². The topological polar surface area (TPSA) is 9.23 Å². The van der Waals surface area contributed by atoms with Crippen molar-refractivity contribution < 1.29 is 4.74 Å². The van der Waals surface area contributed by atoms with Crippen molar-refractivity contribution in [3.8, 4) is 5.75 Å². The van der Waals surface area contributed by atoms with Gasteiger partial charge in [-0.05, 0) is 35.8 Å². The van der Waals surface area contributed by atoms with Crippen LogP contribution in [0.25, 0.3) is 0 Å². The smallest absolute Gasteiger partial charge is 0.123 e. The Hall–Kier alpha value is -0.980. The van der Waals surface area contributed by atoms with E-state index in [0.29, 0.717) is 0 Å². The second kappa shape index (κ2) is 6.20. The van der Waals surface area contributed by atoms with E-state index in [1.807, 2.05) is 0 Å². The lowest BCUT2D eigenvalue weighted by molar-refractivity contribution is 0.204. The van der Waals surface area contributed by atoms with Crippen LogP contribution in [-0.4, -0.2) is 6.10 Å². The molecule has 1 aromatic carbocycles. The van der Waals surface area contributed by atoms with Crippen LogP contribution in [0.2, 0.25) is 0 Å². The fourth-order valence-corrected chi connectivity index (χ4v) is 2.71. The van der Waals surface area contributed by atoms with Gasteiger partial charge in [0.15, 0.2) is 0 Å². The van der Waals surface area contributed by atoms with Crippen LogP contribution in [0, 0.1) is 0 Å². The molecule has 114 valence electrons. The van der Waals surface area contributed by atoms with Gasteiger partial charge in [-0.1, -0.05) is 67.0 Å². The summed E-state index contributed by atoms with van der Waals surface area (Å²) in [6.45, 7) is 18.0. The van der Waals surface area contributed by atoms with E-state index in [9.17, 15) is 0 Å². The number of hydrogen-bond acceptors (Lipinski definition) is 1. The molecule has 1 atom stereocenters. The lowest BCUT2D eigenvalue weighted by atomic mass is 9.75. The number of benzene rings is 1. The molecule has 0 aliphatic heterocycles. The van der Waals surface area contributed by atoms with Gasteiger partial charge in [0.1, 0.15) is 5.75 Å². The van der Waals surface area contributed by atoms with Gasteiger partial charge in [0.2, 0.25) is 0 Å². The molecule has 1 unspecified atom stereocenters. The summed E-state index contributed by atoms with van der Waals surface area (Å²) in [6.07, 6.45) is 2.53. The first-order chi connectivity index (χ1) is 9.07. The normalized spacial score (nSPS) is 14.2. The molecule has 0 heterocycles. The summed E-state index contributed by atoms with van der Waals surface area (Å²) in [5.74, 6) is 1.06. The average molecular weight is 276 g/mol. The predicted molar refractivity (Wildman–Crippen MR) is 88.8 cm³/mol. The van der Waals surface area contributed by atoms with E-state index in [2.05, 4.69) is 73.6 Å². The summed E-state index contributed by atoms with van der Waals surface area (Å²) in [6, 6.07) is 6.50. The zero-order valence-corrected chi connectivity index (χ0v) is 14.6. The molecule has 0 spiro atoms. The van der Waals surface area contributed by atoms with Crippen LogP contribution in [0.1, 0.15) is 79.4 Å². The zero-order chi connectivity index (χ0) is 15.6. The standard InChI is InChI=1S/C19H32O/c1-9-11-14(2)20-16-13-10-12-15(18(3,4)5)17(16)19(6,7)8/h10,12-14H,9,11H2,1-8H3. The lowest BCUT2D eigenvalue weighted by Gasteiger charge is -2.32. The molecule has 1 rings (SSSR count). The maximum absolute atomic E-state index is 6.25. The van der Waals surface area contributed by atoms with Crippen molar-refractivity contribution in [1.82, 2.24) is 0 Å². The van der Waals surface area contributed by atoms with E-state index in [1.54, 1.807) is 0 Å². The third-order valence-electron chi connectivity index (χ3n) is 3.61. The Kier molecular flexibility index (Phi) is 5.29. The quantitative estimate of drug-likeness (QED) is 0.670. The molecule has 0 saturated heterocycles. The minimum Gasteiger partial charge on any atom is -0.490 e. The van der Waals surface area contributed by atoms with Crippen LogP contribution in [0.3, 0.4) is 0 Å². The lowest BCUT2D eigenvalue weighted by Crippen LogP contribution is -2.24. The van der Waals surface area contributed by atoms with Crippen LogP contribution in [0.5, 0.6) is 5.75 Å². The molecule has 0 saturated carbocycles. The summed E-state index contributed by atoms with van der Waals surface area (Å²) in [7, 11) is 0. The van der Waals surface area contributed by atoms with Crippen LogP contribution >= 0.6 is 0 Å². The summed E-state index contributed by atoms with van der Waals surface area (Å²) in [4.78, 5) is 0. The van der Waals surface area contributed by atoms with Crippen LogP contribution in [0.15, 0.2) is 18.2 Å². The molecular formula is C19H32O. The van der Waals surface area contributed by atoms with E-state index in [0.717, 1.165) is 18.6 Å². The Morgan fingerprint density at radius 2 is 1.60 bits per heavy atom. The Bertz CT molecular complexity index is 432. The van der Waals surface area contributed by atoms with Crippen molar-refractivity contribution >= 4 is 0 Å². The summed E-state index contributed by atoms with van der Waals surface area (Å²) in [5, 5.41) is 0. The largest absolute Gasteiger partial charge is 0.490 e. The molecule has 20 heavy (non-hydrogen) atoms. The third kappa shape index (κ3) is 4.26. The van der Waals surface area contributed by atoms with E-state index in [-0.39, 0.29) is 16.9 Å². The summed E-state index contributed by atoms with van der Waals surface area (Å²) >= 11 is 0. The molecule has 1 aromatic rings. The number of rotatable bonds is 4. The van der Waals surface area contributed by atoms with Crippen LogP contribution in [0.4, 0.5) is 0 Å². The Labute approximate surface area is 125 Å². The van der Waals surface area contributed by atoms with Crippen molar-refractivity contribution in [2.45, 2.75) is 85.2 Å². The molecule has 1 nitrogen and oxygen atoms in total. The highest BCUT2D eigenvalue weighted by molar-refractivity contribution is 5.47. The molecule has 0 aliphatic carbocycles. The SMILES string of the molecule is CCCC(C)Oc1cccc(C(C)(C)C)c1C(C)(C)C. The van der Waals surface area contributed by atoms with Crippen molar-refractivity contribution in [3.63, 3.8) is 0 Å². The van der Waals surface area contributed by atoms with Crippen molar-refractivity contribution in [2.24, 2.45) is 0 Å². The first-order valence-corrected chi connectivity index (χ1v) is 7.88. The Balaban J connectivity index is 3.31. The minimum atomic E-state index is 0.0884. The third-order valence-corrected chi connectivity index (χ3v) is 3.61. The van der Waals surface area contributed by atoms with Gasteiger partial charge in [0.25, 0.3) is 0 Å².